The molecule has 0 unspecified atom stereocenters. The molecule has 2 N–H and O–H groups in total. The Bertz CT molecular complexity index is 640. The molecular formula is C12H16N4O3S. The van der Waals surface area contributed by atoms with Crippen LogP contribution in [0, 0.1) is 0 Å². The predicted octanol–water partition coefficient (Wildman–Crippen LogP) is 1.02. The number of rotatable bonds is 7. The van der Waals surface area contributed by atoms with Crippen molar-refractivity contribution in [2.75, 3.05) is 18.4 Å². The Balaban J connectivity index is 2.08. The van der Waals surface area contributed by atoms with Gasteiger partial charge < -0.3 is 9.84 Å². The standard InChI is InChI=1S/C12H16N4O3S/c1-2-16-20(17,18)11-6-4-3-5-10(11)13-8-7-12-14-9-15-19-12/h3-6,9,13,16H,2,7-8H2,1H3. The fourth-order valence-electron chi connectivity index (χ4n) is 1.73. The van der Waals surface area contributed by atoms with Crippen molar-refractivity contribution >= 4 is 15.7 Å². The van der Waals surface area contributed by atoms with Gasteiger partial charge in [-0.1, -0.05) is 24.2 Å². The highest BCUT2D eigenvalue weighted by Crippen LogP contribution is 2.20. The van der Waals surface area contributed by atoms with E-state index in [9.17, 15) is 8.42 Å². The molecule has 0 saturated carbocycles. The summed E-state index contributed by atoms with van der Waals surface area (Å²) in [6, 6.07) is 6.75. The van der Waals surface area contributed by atoms with Gasteiger partial charge >= 0.3 is 0 Å². The molecule has 108 valence electrons. The van der Waals surface area contributed by atoms with E-state index < -0.39 is 10.0 Å². The van der Waals surface area contributed by atoms with Crippen LogP contribution in [0.3, 0.4) is 0 Å². The quantitative estimate of drug-likeness (QED) is 0.792. The zero-order chi connectivity index (χ0) is 14.4. The fourth-order valence-corrected chi connectivity index (χ4v) is 2.95. The first kappa shape index (κ1) is 14.5. The van der Waals surface area contributed by atoms with Crippen LogP contribution in [0.5, 0.6) is 0 Å². The number of benzene rings is 1. The third kappa shape index (κ3) is 3.55. The lowest BCUT2D eigenvalue weighted by Crippen LogP contribution is -2.24. The second-order valence-corrected chi connectivity index (χ2v) is 5.74. The van der Waals surface area contributed by atoms with Crippen molar-refractivity contribution in [3.05, 3.63) is 36.5 Å². The maximum atomic E-state index is 12.1. The first-order valence-electron chi connectivity index (χ1n) is 6.21. The third-order valence-electron chi connectivity index (χ3n) is 2.57. The molecule has 0 aliphatic heterocycles. The van der Waals surface area contributed by atoms with Gasteiger partial charge in [0.2, 0.25) is 15.9 Å². The van der Waals surface area contributed by atoms with Crippen LogP contribution in [0.4, 0.5) is 5.69 Å². The molecule has 0 bridgehead atoms. The van der Waals surface area contributed by atoms with Crippen molar-refractivity contribution in [2.24, 2.45) is 0 Å². The summed E-state index contributed by atoms with van der Waals surface area (Å²) in [5.41, 5.74) is 0.549. The molecule has 2 aromatic rings. The Morgan fingerprint density at radius 2 is 2.10 bits per heavy atom. The molecule has 1 aromatic heterocycles. The topological polar surface area (TPSA) is 97.1 Å². The van der Waals surface area contributed by atoms with Crippen LogP contribution in [-0.2, 0) is 16.4 Å². The first-order chi connectivity index (χ1) is 9.63. The van der Waals surface area contributed by atoms with Crippen molar-refractivity contribution in [2.45, 2.75) is 18.2 Å². The van der Waals surface area contributed by atoms with Crippen LogP contribution in [-0.4, -0.2) is 31.6 Å². The highest BCUT2D eigenvalue weighted by molar-refractivity contribution is 7.89. The molecule has 2 rings (SSSR count). The van der Waals surface area contributed by atoms with Crippen LogP contribution < -0.4 is 10.0 Å². The molecule has 0 saturated heterocycles. The van der Waals surface area contributed by atoms with E-state index in [0.717, 1.165) is 0 Å². The molecule has 20 heavy (non-hydrogen) atoms. The average molecular weight is 296 g/mol. The van der Waals surface area contributed by atoms with E-state index in [4.69, 9.17) is 4.52 Å². The minimum atomic E-state index is -3.49. The van der Waals surface area contributed by atoms with Gasteiger partial charge in [0.25, 0.3) is 0 Å². The molecule has 1 aromatic carbocycles. The zero-order valence-corrected chi connectivity index (χ0v) is 11.9. The molecule has 0 fully saturated rings. The molecule has 0 radical (unpaired) electrons. The van der Waals surface area contributed by atoms with Gasteiger partial charge in [-0.15, -0.1) is 0 Å². The van der Waals surface area contributed by atoms with Crippen LogP contribution >= 0.6 is 0 Å². The average Bonchev–Trinajstić information content (AvgIpc) is 2.92. The lowest BCUT2D eigenvalue weighted by Gasteiger charge is -2.11. The summed E-state index contributed by atoms with van der Waals surface area (Å²) in [5, 5.41) is 6.58. The van der Waals surface area contributed by atoms with E-state index in [1.165, 1.54) is 6.33 Å². The molecular weight excluding hydrogens is 280 g/mol. The molecule has 0 atom stereocenters. The Morgan fingerprint density at radius 3 is 2.80 bits per heavy atom. The van der Waals surface area contributed by atoms with E-state index in [1.54, 1.807) is 31.2 Å². The summed E-state index contributed by atoms with van der Waals surface area (Å²) in [6.45, 7) is 2.59. The lowest BCUT2D eigenvalue weighted by molar-refractivity contribution is 0.380. The summed E-state index contributed by atoms with van der Waals surface area (Å²) in [6.07, 6.45) is 1.86. The minimum Gasteiger partial charge on any atom is -0.383 e. The Morgan fingerprint density at radius 1 is 1.30 bits per heavy atom. The van der Waals surface area contributed by atoms with Crippen molar-refractivity contribution in [1.29, 1.82) is 0 Å². The Hall–Kier alpha value is -1.93. The molecule has 0 spiro atoms. The van der Waals surface area contributed by atoms with Crippen LogP contribution in [0.1, 0.15) is 12.8 Å². The summed E-state index contributed by atoms with van der Waals surface area (Å²) in [5.74, 6) is 0.504. The number of para-hydroxylation sites is 1. The van der Waals surface area contributed by atoms with E-state index >= 15 is 0 Å². The molecule has 1 heterocycles. The van der Waals surface area contributed by atoms with E-state index in [2.05, 4.69) is 20.2 Å². The first-order valence-corrected chi connectivity index (χ1v) is 7.70. The van der Waals surface area contributed by atoms with Crippen molar-refractivity contribution in [3.8, 4) is 0 Å². The number of hydrogen-bond donors (Lipinski definition) is 2. The van der Waals surface area contributed by atoms with Crippen molar-refractivity contribution in [1.82, 2.24) is 14.9 Å². The zero-order valence-electron chi connectivity index (χ0n) is 11.0. The van der Waals surface area contributed by atoms with Crippen LogP contribution in [0.25, 0.3) is 0 Å². The molecule has 0 aliphatic carbocycles. The fraction of sp³-hybridized carbons (Fsp3) is 0.333. The van der Waals surface area contributed by atoms with Crippen molar-refractivity contribution < 1.29 is 12.9 Å². The number of nitrogens with zero attached hydrogens (tertiary/aromatic N) is 2. The third-order valence-corrected chi connectivity index (χ3v) is 4.18. The largest absolute Gasteiger partial charge is 0.383 e. The maximum Gasteiger partial charge on any atom is 0.242 e. The minimum absolute atomic E-state index is 0.229. The Labute approximate surface area is 117 Å². The van der Waals surface area contributed by atoms with Crippen LogP contribution in [0.15, 0.2) is 40.0 Å². The predicted molar refractivity (Wildman–Crippen MR) is 73.8 cm³/mol. The smallest absolute Gasteiger partial charge is 0.242 e. The number of hydrogen-bond acceptors (Lipinski definition) is 6. The monoisotopic (exact) mass is 296 g/mol. The van der Waals surface area contributed by atoms with Gasteiger partial charge in [0.15, 0.2) is 6.33 Å². The van der Waals surface area contributed by atoms with Gasteiger partial charge in [-0.2, -0.15) is 4.98 Å². The van der Waals surface area contributed by atoms with Gasteiger partial charge in [0.1, 0.15) is 4.90 Å². The number of aromatic nitrogens is 2. The normalized spacial score (nSPS) is 11.4. The molecule has 0 aliphatic rings. The van der Waals surface area contributed by atoms with Crippen LogP contribution in [0.2, 0.25) is 0 Å². The van der Waals surface area contributed by atoms with Gasteiger partial charge in [-0.25, -0.2) is 13.1 Å². The van der Waals surface area contributed by atoms with Crippen molar-refractivity contribution in [3.63, 3.8) is 0 Å². The van der Waals surface area contributed by atoms with Gasteiger partial charge in [0, 0.05) is 19.5 Å². The summed E-state index contributed by atoms with van der Waals surface area (Å²) in [4.78, 5) is 4.13. The lowest BCUT2D eigenvalue weighted by atomic mass is 10.3. The number of anilines is 1. The van der Waals surface area contributed by atoms with E-state index in [-0.39, 0.29) is 4.90 Å². The SMILES string of the molecule is CCNS(=O)(=O)c1ccccc1NCCc1ncno1. The van der Waals surface area contributed by atoms with Gasteiger partial charge in [-0.3, -0.25) is 0 Å². The van der Waals surface area contributed by atoms with E-state index in [0.29, 0.717) is 31.1 Å². The van der Waals surface area contributed by atoms with E-state index in [1.807, 2.05) is 0 Å². The molecule has 7 nitrogen and oxygen atoms in total. The second kappa shape index (κ2) is 6.49. The Kier molecular flexibility index (Phi) is 4.70. The van der Waals surface area contributed by atoms with Gasteiger partial charge in [-0.05, 0) is 12.1 Å². The highest BCUT2D eigenvalue weighted by atomic mass is 32.2. The molecule has 8 heteroatoms. The summed E-state index contributed by atoms with van der Waals surface area (Å²) in [7, 11) is -3.49. The summed E-state index contributed by atoms with van der Waals surface area (Å²) < 4.78 is 31.5. The number of sulfonamides is 1. The summed E-state index contributed by atoms with van der Waals surface area (Å²) >= 11 is 0. The second-order valence-electron chi connectivity index (χ2n) is 4.01. The van der Waals surface area contributed by atoms with Gasteiger partial charge in [0.05, 0.1) is 5.69 Å². The highest BCUT2D eigenvalue weighted by Gasteiger charge is 2.16. The number of nitrogens with one attached hydrogen (secondary N) is 2. The molecule has 0 amide bonds. The maximum absolute atomic E-state index is 12.1.